The van der Waals surface area contributed by atoms with Crippen molar-refractivity contribution in [2.75, 3.05) is 13.1 Å². The van der Waals surface area contributed by atoms with Gasteiger partial charge in [0.1, 0.15) is 0 Å². The van der Waals surface area contributed by atoms with Crippen LogP contribution in [0.2, 0.25) is 0 Å². The molecular formula is C19H17NO3S2. The molecule has 0 saturated carbocycles. The number of fused-ring (bicyclic) bond motifs is 3. The fourth-order valence-electron chi connectivity index (χ4n) is 4.09. The Morgan fingerprint density at radius 2 is 2.08 bits per heavy atom. The van der Waals surface area contributed by atoms with E-state index in [9.17, 15) is 8.42 Å². The largest absolute Gasteiger partial charge is 0.472 e. The molecule has 5 rings (SSSR count). The van der Waals surface area contributed by atoms with Crippen LogP contribution < -0.4 is 0 Å². The number of hydrogen-bond donors (Lipinski definition) is 0. The Kier molecular flexibility index (Phi) is 3.42. The monoisotopic (exact) mass is 371 g/mol. The molecule has 2 aromatic heterocycles. The number of furan rings is 1. The van der Waals surface area contributed by atoms with Crippen molar-refractivity contribution < 1.29 is 12.8 Å². The fraction of sp³-hybridized carbons (Fsp3) is 0.263. The first-order valence-corrected chi connectivity index (χ1v) is 10.7. The van der Waals surface area contributed by atoms with E-state index in [1.165, 1.54) is 4.88 Å². The molecule has 2 atom stereocenters. The highest BCUT2D eigenvalue weighted by atomic mass is 32.2. The molecule has 128 valence electrons. The summed E-state index contributed by atoms with van der Waals surface area (Å²) in [6, 6.07) is 11.7. The number of likely N-dealkylation sites (tertiary alicyclic amines) is 1. The summed E-state index contributed by atoms with van der Waals surface area (Å²) in [6.07, 6.45) is 3.33. The van der Waals surface area contributed by atoms with Crippen LogP contribution in [0, 0.1) is 0 Å². The highest BCUT2D eigenvalue weighted by molar-refractivity contribution is 7.92. The van der Waals surface area contributed by atoms with Crippen LogP contribution in [0.25, 0.3) is 11.1 Å². The number of thiophene rings is 1. The zero-order valence-electron chi connectivity index (χ0n) is 13.5. The lowest BCUT2D eigenvalue weighted by atomic mass is 9.95. The van der Waals surface area contributed by atoms with Crippen LogP contribution >= 0.6 is 11.3 Å². The molecule has 4 heterocycles. The van der Waals surface area contributed by atoms with Crippen molar-refractivity contribution in [3.63, 3.8) is 0 Å². The van der Waals surface area contributed by atoms with Crippen molar-refractivity contribution in [1.29, 1.82) is 0 Å². The maximum absolute atomic E-state index is 13.0. The quantitative estimate of drug-likeness (QED) is 0.703. The van der Waals surface area contributed by atoms with Gasteiger partial charge in [-0.25, -0.2) is 8.42 Å². The Morgan fingerprint density at radius 1 is 1.16 bits per heavy atom. The van der Waals surface area contributed by atoms with Gasteiger partial charge in [0.2, 0.25) is 0 Å². The first kappa shape index (κ1) is 15.4. The van der Waals surface area contributed by atoms with Crippen molar-refractivity contribution in [2.45, 2.75) is 22.6 Å². The average molecular weight is 371 g/mol. The lowest BCUT2D eigenvalue weighted by Crippen LogP contribution is -2.25. The predicted octanol–water partition coefficient (Wildman–Crippen LogP) is 3.76. The van der Waals surface area contributed by atoms with E-state index in [-0.39, 0.29) is 11.2 Å². The first-order valence-electron chi connectivity index (χ1n) is 8.28. The van der Waals surface area contributed by atoms with Crippen molar-refractivity contribution >= 4 is 21.2 Å². The molecule has 2 aliphatic heterocycles. The highest BCUT2D eigenvalue weighted by Crippen LogP contribution is 2.46. The second-order valence-electron chi connectivity index (χ2n) is 6.73. The lowest BCUT2D eigenvalue weighted by molar-refractivity contribution is 0.328. The second-order valence-corrected chi connectivity index (χ2v) is 9.90. The summed E-state index contributed by atoms with van der Waals surface area (Å²) in [5.41, 5.74) is 2.97. The number of benzene rings is 1. The molecule has 4 nitrogen and oxygen atoms in total. The van der Waals surface area contributed by atoms with E-state index in [4.69, 9.17) is 4.42 Å². The minimum Gasteiger partial charge on any atom is -0.472 e. The van der Waals surface area contributed by atoms with Gasteiger partial charge >= 0.3 is 0 Å². The van der Waals surface area contributed by atoms with E-state index in [1.54, 1.807) is 29.9 Å². The van der Waals surface area contributed by atoms with Gasteiger partial charge in [-0.3, -0.25) is 4.90 Å². The van der Waals surface area contributed by atoms with Gasteiger partial charge in [-0.05, 0) is 40.8 Å². The van der Waals surface area contributed by atoms with E-state index in [0.29, 0.717) is 11.4 Å². The molecule has 0 aliphatic carbocycles. The standard InChI is InChI=1S/C19H17NO3S2/c21-25(22)18-4-3-13(14-5-6-23-12-14)8-16(18)17-10-20(11-19(17)25)9-15-2-1-7-24-15/h1-8,12,17,19H,9-11H2/t17-,19-/m0/s1. The third kappa shape index (κ3) is 2.39. The topological polar surface area (TPSA) is 50.5 Å². The Bertz CT molecular complexity index is 1010. The third-order valence-corrected chi connectivity index (χ3v) is 8.39. The molecule has 0 radical (unpaired) electrons. The maximum atomic E-state index is 13.0. The van der Waals surface area contributed by atoms with Gasteiger partial charge in [0.15, 0.2) is 9.84 Å². The van der Waals surface area contributed by atoms with E-state index >= 15 is 0 Å². The third-order valence-electron chi connectivity index (χ3n) is 5.27. The van der Waals surface area contributed by atoms with Crippen LogP contribution in [0.15, 0.2) is 63.6 Å². The summed E-state index contributed by atoms with van der Waals surface area (Å²) < 4.78 is 31.1. The molecule has 3 aromatic rings. The van der Waals surface area contributed by atoms with Crippen molar-refractivity contribution in [1.82, 2.24) is 4.90 Å². The molecule has 0 spiro atoms. The molecule has 1 fully saturated rings. The molecule has 0 unspecified atom stereocenters. The molecule has 1 saturated heterocycles. The molecule has 0 bridgehead atoms. The Balaban J connectivity index is 1.51. The zero-order valence-corrected chi connectivity index (χ0v) is 15.1. The Labute approximate surface area is 150 Å². The van der Waals surface area contributed by atoms with E-state index in [0.717, 1.165) is 29.8 Å². The zero-order chi connectivity index (χ0) is 17.0. The SMILES string of the molecule is O=S1(=O)c2ccc(-c3ccoc3)cc2[C@@H]2CN(Cc3cccs3)C[C@@H]21. The van der Waals surface area contributed by atoms with Crippen LogP contribution in [-0.4, -0.2) is 31.7 Å². The fourth-order valence-corrected chi connectivity index (χ4v) is 7.03. The van der Waals surface area contributed by atoms with Gasteiger partial charge in [0, 0.05) is 36.0 Å². The van der Waals surface area contributed by atoms with Crippen LogP contribution in [0.5, 0.6) is 0 Å². The van der Waals surface area contributed by atoms with Gasteiger partial charge in [-0.1, -0.05) is 12.1 Å². The van der Waals surface area contributed by atoms with Crippen LogP contribution in [-0.2, 0) is 16.4 Å². The van der Waals surface area contributed by atoms with Crippen molar-refractivity contribution in [3.05, 3.63) is 64.7 Å². The van der Waals surface area contributed by atoms with Crippen molar-refractivity contribution in [3.8, 4) is 11.1 Å². The lowest BCUT2D eigenvalue weighted by Gasteiger charge is -2.16. The molecule has 0 N–H and O–H groups in total. The Hall–Kier alpha value is -1.89. The Morgan fingerprint density at radius 3 is 2.84 bits per heavy atom. The first-order chi connectivity index (χ1) is 12.1. The maximum Gasteiger partial charge on any atom is 0.183 e. The summed E-state index contributed by atoms with van der Waals surface area (Å²) >= 11 is 1.72. The molecule has 2 aliphatic rings. The normalized spacial score (nSPS) is 24.3. The predicted molar refractivity (Wildman–Crippen MR) is 97.5 cm³/mol. The summed E-state index contributed by atoms with van der Waals surface area (Å²) in [5, 5.41) is 1.75. The molecule has 0 amide bonds. The number of nitrogens with zero attached hydrogens (tertiary/aromatic N) is 1. The number of rotatable bonds is 3. The van der Waals surface area contributed by atoms with Gasteiger partial charge in [-0.2, -0.15) is 0 Å². The van der Waals surface area contributed by atoms with E-state index in [2.05, 4.69) is 16.3 Å². The minimum absolute atomic E-state index is 0.0619. The summed E-state index contributed by atoms with van der Waals surface area (Å²) in [4.78, 5) is 4.07. The summed E-state index contributed by atoms with van der Waals surface area (Å²) in [7, 11) is -3.24. The second kappa shape index (κ2) is 5.56. The van der Waals surface area contributed by atoms with Gasteiger partial charge in [-0.15, -0.1) is 11.3 Å². The minimum atomic E-state index is -3.24. The van der Waals surface area contributed by atoms with Crippen molar-refractivity contribution in [2.24, 2.45) is 0 Å². The molecule has 25 heavy (non-hydrogen) atoms. The average Bonchev–Trinajstić information content (AvgIpc) is 3.37. The summed E-state index contributed by atoms with van der Waals surface area (Å²) in [6.45, 7) is 2.24. The van der Waals surface area contributed by atoms with Crippen LogP contribution in [0.4, 0.5) is 0 Å². The van der Waals surface area contributed by atoms with E-state index in [1.807, 2.05) is 24.3 Å². The molecular weight excluding hydrogens is 354 g/mol. The molecule has 1 aromatic carbocycles. The van der Waals surface area contributed by atoms with Crippen LogP contribution in [0.1, 0.15) is 16.4 Å². The number of hydrogen-bond acceptors (Lipinski definition) is 5. The van der Waals surface area contributed by atoms with Gasteiger partial charge in [0.05, 0.1) is 22.7 Å². The summed E-state index contributed by atoms with van der Waals surface area (Å²) in [5.74, 6) is 0.0619. The van der Waals surface area contributed by atoms with Gasteiger partial charge in [0.25, 0.3) is 0 Å². The van der Waals surface area contributed by atoms with E-state index < -0.39 is 9.84 Å². The molecule has 6 heteroatoms. The number of sulfone groups is 1. The van der Waals surface area contributed by atoms with Gasteiger partial charge < -0.3 is 4.42 Å². The smallest absolute Gasteiger partial charge is 0.183 e. The highest BCUT2D eigenvalue weighted by Gasteiger charge is 2.50. The van der Waals surface area contributed by atoms with Crippen LogP contribution in [0.3, 0.4) is 0 Å².